The number of carbonyl (C=O) groups is 1. The molecule has 1 saturated carbocycles. The van der Waals surface area contributed by atoms with Crippen molar-refractivity contribution in [2.45, 2.75) is 30.6 Å². The third-order valence-electron chi connectivity index (χ3n) is 3.71. The number of carboxylic acid groups (broad SMARTS) is 1. The van der Waals surface area contributed by atoms with Crippen molar-refractivity contribution in [1.82, 2.24) is 9.71 Å². The van der Waals surface area contributed by atoms with Crippen LogP contribution >= 0.6 is 0 Å². The highest BCUT2D eigenvalue weighted by atomic mass is 32.2. The average molecular weight is 298 g/mol. The fourth-order valence-corrected chi connectivity index (χ4v) is 3.64. The van der Waals surface area contributed by atoms with Crippen molar-refractivity contribution in [2.75, 3.05) is 6.54 Å². The van der Waals surface area contributed by atoms with Crippen LogP contribution in [0, 0.1) is 11.8 Å². The Morgan fingerprint density at radius 2 is 2.15 bits per heavy atom. The third-order valence-corrected chi connectivity index (χ3v) is 5.12. The lowest BCUT2D eigenvalue weighted by Crippen LogP contribution is -2.37. The first-order valence-electron chi connectivity index (χ1n) is 6.63. The van der Waals surface area contributed by atoms with E-state index in [-0.39, 0.29) is 17.4 Å². The Morgan fingerprint density at radius 3 is 2.80 bits per heavy atom. The molecule has 0 bridgehead atoms. The number of aliphatic carboxylic acids is 1. The maximum atomic E-state index is 12.1. The number of aromatic nitrogens is 1. The summed E-state index contributed by atoms with van der Waals surface area (Å²) in [7, 11) is -3.61. The molecule has 0 radical (unpaired) electrons. The summed E-state index contributed by atoms with van der Waals surface area (Å²) >= 11 is 0. The summed E-state index contributed by atoms with van der Waals surface area (Å²) in [6, 6.07) is 3.01. The first-order chi connectivity index (χ1) is 9.50. The average Bonchev–Trinajstić information content (AvgIpc) is 2.46. The van der Waals surface area contributed by atoms with Crippen LogP contribution in [0.1, 0.15) is 25.7 Å². The predicted octanol–water partition coefficient (Wildman–Crippen LogP) is 1.25. The number of pyridine rings is 1. The van der Waals surface area contributed by atoms with Crippen molar-refractivity contribution in [3.63, 3.8) is 0 Å². The molecule has 2 rings (SSSR count). The molecule has 7 heteroatoms. The Balaban J connectivity index is 2.02. The molecule has 2 unspecified atom stereocenters. The van der Waals surface area contributed by atoms with Gasteiger partial charge < -0.3 is 5.11 Å². The second-order valence-electron chi connectivity index (χ2n) is 5.03. The maximum absolute atomic E-state index is 12.1. The van der Waals surface area contributed by atoms with Gasteiger partial charge in [-0.1, -0.05) is 12.8 Å². The maximum Gasteiger partial charge on any atom is 0.306 e. The van der Waals surface area contributed by atoms with Gasteiger partial charge in [-0.2, -0.15) is 0 Å². The molecule has 2 atom stereocenters. The van der Waals surface area contributed by atoms with Gasteiger partial charge in [0.2, 0.25) is 10.0 Å². The van der Waals surface area contributed by atoms with E-state index in [1.807, 2.05) is 0 Å². The Bertz CT molecular complexity index is 559. The minimum Gasteiger partial charge on any atom is -0.481 e. The van der Waals surface area contributed by atoms with E-state index in [2.05, 4.69) is 9.71 Å². The lowest BCUT2D eigenvalue weighted by atomic mass is 9.79. The first-order valence-corrected chi connectivity index (χ1v) is 8.11. The van der Waals surface area contributed by atoms with E-state index in [4.69, 9.17) is 5.11 Å². The van der Waals surface area contributed by atoms with Gasteiger partial charge >= 0.3 is 5.97 Å². The highest BCUT2D eigenvalue weighted by Gasteiger charge is 2.31. The summed E-state index contributed by atoms with van der Waals surface area (Å²) < 4.78 is 26.6. The van der Waals surface area contributed by atoms with Crippen LogP contribution in [0.2, 0.25) is 0 Å². The van der Waals surface area contributed by atoms with E-state index in [0.717, 1.165) is 19.3 Å². The van der Waals surface area contributed by atoms with Crippen molar-refractivity contribution >= 4 is 16.0 Å². The van der Waals surface area contributed by atoms with E-state index >= 15 is 0 Å². The highest BCUT2D eigenvalue weighted by Crippen LogP contribution is 2.30. The van der Waals surface area contributed by atoms with Crippen molar-refractivity contribution < 1.29 is 18.3 Å². The second-order valence-corrected chi connectivity index (χ2v) is 6.80. The van der Waals surface area contributed by atoms with Gasteiger partial charge in [0.05, 0.1) is 5.92 Å². The second kappa shape index (κ2) is 6.32. The predicted molar refractivity (Wildman–Crippen MR) is 72.5 cm³/mol. The molecule has 1 aromatic heterocycles. The number of nitrogens with zero attached hydrogens (tertiary/aromatic N) is 1. The molecule has 0 spiro atoms. The van der Waals surface area contributed by atoms with E-state index < -0.39 is 21.9 Å². The van der Waals surface area contributed by atoms with Gasteiger partial charge in [-0.15, -0.1) is 0 Å². The molecule has 0 aromatic carbocycles. The summed E-state index contributed by atoms with van der Waals surface area (Å²) in [5.41, 5.74) is 0. The zero-order chi connectivity index (χ0) is 14.6. The van der Waals surface area contributed by atoms with Crippen LogP contribution in [-0.4, -0.2) is 31.0 Å². The standard InChI is InChI=1S/C13H18N2O4S/c16-13(17)12-6-2-1-4-10(12)8-15-20(18,19)11-5-3-7-14-9-11/h3,5,7,9-10,12,15H,1-2,4,6,8H2,(H,16,17). The molecule has 6 nitrogen and oxygen atoms in total. The molecule has 110 valence electrons. The molecule has 2 N–H and O–H groups in total. The third kappa shape index (κ3) is 3.55. The number of hydrogen-bond donors (Lipinski definition) is 2. The minimum absolute atomic E-state index is 0.0997. The Hall–Kier alpha value is -1.47. The van der Waals surface area contributed by atoms with E-state index in [0.29, 0.717) is 6.42 Å². The Kier molecular flexibility index (Phi) is 4.72. The zero-order valence-electron chi connectivity index (χ0n) is 11.0. The molecule has 1 aromatic rings. The monoisotopic (exact) mass is 298 g/mol. The smallest absolute Gasteiger partial charge is 0.306 e. The van der Waals surface area contributed by atoms with E-state index in [9.17, 15) is 13.2 Å². The van der Waals surface area contributed by atoms with Crippen LogP contribution in [0.15, 0.2) is 29.4 Å². The molecule has 0 amide bonds. The quantitative estimate of drug-likeness (QED) is 0.853. The van der Waals surface area contributed by atoms with Crippen molar-refractivity contribution in [2.24, 2.45) is 11.8 Å². The molecule has 0 aliphatic heterocycles. The summed E-state index contributed by atoms with van der Waals surface area (Å²) in [5.74, 6) is -1.44. The van der Waals surface area contributed by atoms with Gasteiger partial charge in [-0.05, 0) is 30.9 Å². The largest absolute Gasteiger partial charge is 0.481 e. The molecule has 0 saturated heterocycles. The van der Waals surface area contributed by atoms with Crippen molar-refractivity contribution in [1.29, 1.82) is 0 Å². The number of sulfonamides is 1. The molecule has 20 heavy (non-hydrogen) atoms. The van der Waals surface area contributed by atoms with Crippen LogP contribution in [0.3, 0.4) is 0 Å². The Labute approximate surface area is 118 Å². The normalized spacial score (nSPS) is 23.4. The molecule has 1 fully saturated rings. The highest BCUT2D eigenvalue weighted by molar-refractivity contribution is 7.89. The van der Waals surface area contributed by atoms with Gasteiger partial charge in [0, 0.05) is 18.9 Å². The van der Waals surface area contributed by atoms with Gasteiger partial charge in [0.1, 0.15) is 4.90 Å². The fourth-order valence-electron chi connectivity index (χ4n) is 2.58. The number of rotatable bonds is 5. The van der Waals surface area contributed by atoms with E-state index in [1.165, 1.54) is 18.5 Å². The fraction of sp³-hybridized carbons (Fsp3) is 0.538. The summed E-state index contributed by atoms with van der Waals surface area (Å²) in [6.45, 7) is 0.161. The van der Waals surface area contributed by atoms with Crippen LogP contribution in [0.5, 0.6) is 0 Å². The van der Waals surface area contributed by atoms with Gasteiger partial charge in [0.25, 0.3) is 0 Å². The van der Waals surface area contributed by atoms with Crippen LogP contribution in [0.25, 0.3) is 0 Å². The topological polar surface area (TPSA) is 96.4 Å². The SMILES string of the molecule is O=C(O)C1CCCCC1CNS(=O)(=O)c1cccnc1. The van der Waals surface area contributed by atoms with Gasteiger partial charge in [0.15, 0.2) is 0 Å². The lowest BCUT2D eigenvalue weighted by molar-refractivity contribution is -0.144. The molecular weight excluding hydrogens is 280 g/mol. The Morgan fingerprint density at radius 1 is 1.40 bits per heavy atom. The summed E-state index contributed by atoms with van der Waals surface area (Å²) in [4.78, 5) is 15.0. The van der Waals surface area contributed by atoms with Crippen LogP contribution in [0.4, 0.5) is 0 Å². The molecule has 1 aliphatic carbocycles. The zero-order valence-corrected chi connectivity index (χ0v) is 11.8. The molecule has 1 aliphatic rings. The van der Waals surface area contributed by atoms with Crippen LogP contribution in [-0.2, 0) is 14.8 Å². The first kappa shape index (κ1) is 14.9. The van der Waals surface area contributed by atoms with Gasteiger partial charge in [-0.25, -0.2) is 13.1 Å². The number of hydrogen-bond acceptors (Lipinski definition) is 4. The summed E-state index contributed by atoms with van der Waals surface area (Å²) in [5, 5.41) is 9.17. The molecular formula is C13H18N2O4S. The number of nitrogens with one attached hydrogen (secondary N) is 1. The van der Waals surface area contributed by atoms with E-state index in [1.54, 1.807) is 6.07 Å². The van der Waals surface area contributed by atoms with Gasteiger partial charge in [-0.3, -0.25) is 9.78 Å². The lowest BCUT2D eigenvalue weighted by Gasteiger charge is -2.28. The number of carboxylic acids is 1. The van der Waals surface area contributed by atoms with Crippen molar-refractivity contribution in [3.8, 4) is 0 Å². The minimum atomic E-state index is -3.61. The molecule has 1 heterocycles. The van der Waals surface area contributed by atoms with Crippen LogP contribution < -0.4 is 4.72 Å². The summed E-state index contributed by atoms with van der Waals surface area (Å²) in [6.07, 6.45) is 5.98. The van der Waals surface area contributed by atoms with Crippen molar-refractivity contribution in [3.05, 3.63) is 24.5 Å².